The van der Waals surface area contributed by atoms with Crippen LogP contribution in [0.25, 0.3) is 0 Å². The second-order valence-corrected chi connectivity index (χ2v) is 6.54. The summed E-state index contributed by atoms with van der Waals surface area (Å²) in [5.74, 6) is -0.139. The molecule has 3 aromatic rings. The number of benzene rings is 3. The standard InChI is InChI=1S/C22H19ClN2O3/c1-15-6-2-4-8-19(15)25-22(27)18-7-3-5-9-20(18)24-21(26)14-28-17-12-10-16(23)11-13-17/h2-13H,14H2,1H3,(H,24,26)(H,25,27). The molecule has 0 unspecified atom stereocenters. The number of hydrogen-bond acceptors (Lipinski definition) is 3. The van der Waals surface area contributed by atoms with Gasteiger partial charge in [-0.15, -0.1) is 0 Å². The molecule has 3 aromatic carbocycles. The van der Waals surface area contributed by atoms with Crippen molar-refractivity contribution in [3.05, 3.63) is 88.9 Å². The summed E-state index contributed by atoms with van der Waals surface area (Å²) in [7, 11) is 0. The fourth-order valence-electron chi connectivity index (χ4n) is 2.56. The number of aryl methyl sites for hydroxylation is 1. The van der Waals surface area contributed by atoms with Crippen molar-refractivity contribution in [2.75, 3.05) is 17.2 Å². The third-order valence-electron chi connectivity index (χ3n) is 4.02. The van der Waals surface area contributed by atoms with Gasteiger partial charge in [0.15, 0.2) is 6.61 Å². The first-order valence-corrected chi connectivity index (χ1v) is 9.05. The predicted octanol–water partition coefficient (Wildman–Crippen LogP) is 4.92. The summed E-state index contributed by atoms with van der Waals surface area (Å²) in [6.07, 6.45) is 0. The van der Waals surface area contributed by atoms with E-state index in [2.05, 4.69) is 10.6 Å². The molecule has 0 atom stereocenters. The second kappa shape index (κ2) is 9.06. The number of amides is 2. The monoisotopic (exact) mass is 394 g/mol. The number of carbonyl (C=O) groups excluding carboxylic acids is 2. The summed E-state index contributed by atoms with van der Waals surface area (Å²) in [6, 6.07) is 21.0. The third kappa shape index (κ3) is 5.11. The molecule has 0 saturated heterocycles. The van der Waals surface area contributed by atoms with Gasteiger partial charge in [0.25, 0.3) is 11.8 Å². The largest absolute Gasteiger partial charge is 0.484 e. The molecule has 6 heteroatoms. The van der Waals surface area contributed by atoms with Crippen molar-refractivity contribution < 1.29 is 14.3 Å². The van der Waals surface area contributed by atoms with Crippen LogP contribution < -0.4 is 15.4 Å². The molecule has 0 aliphatic heterocycles. The zero-order valence-corrected chi connectivity index (χ0v) is 16.0. The van der Waals surface area contributed by atoms with Gasteiger partial charge in [-0.25, -0.2) is 0 Å². The van der Waals surface area contributed by atoms with Crippen molar-refractivity contribution in [2.45, 2.75) is 6.92 Å². The first kappa shape index (κ1) is 19.5. The summed E-state index contributed by atoms with van der Waals surface area (Å²) < 4.78 is 5.44. The van der Waals surface area contributed by atoms with Gasteiger partial charge < -0.3 is 15.4 Å². The molecule has 0 fully saturated rings. The van der Waals surface area contributed by atoms with Crippen LogP contribution >= 0.6 is 11.6 Å². The fourth-order valence-corrected chi connectivity index (χ4v) is 2.68. The summed E-state index contributed by atoms with van der Waals surface area (Å²) in [5, 5.41) is 6.18. The van der Waals surface area contributed by atoms with Crippen LogP contribution in [-0.2, 0) is 4.79 Å². The van der Waals surface area contributed by atoms with E-state index in [0.29, 0.717) is 22.0 Å². The smallest absolute Gasteiger partial charge is 0.262 e. The topological polar surface area (TPSA) is 67.4 Å². The quantitative estimate of drug-likeness (QED) is 0.623. The van der Waals surface area contributed by atoms with Crippen LogP contribution in [0.1, 0.15) is 15.9 Å². The zero-order valence-electron chi connectivity index (χ0n) is 15.2. The molecule has 0 bridgehead atoms. The van der Waals surface area contributed by atoms with E-state index in [0.717, 1.165) is 11.3 Å². The molecule has 28 heavy (non-hydrogen) atoms. The molecule has 142 valence electrons. The van der Waals surface area contributed by atoms with Gasteiger partial charge in [-0.2, -0.15) is 0 Å². The van der Waals surface area contributed by atoms with E-state index in [1.165, 1.54) is 0 Å². The zero-order chi connectivity index (χ0) is 19.9. The van der Waals surface area contributed by atoms with Gasteiger partial charge >= 0.3 is 0 Å². The Hall–Kier alpha value is -3.31. The Balaban J connectivity index is 1.66. The molecule has 0 radical (unpaired) electrons. The maximum atomic E-state index is 12.7. The number of hydrogen-bond donors (Lipinski definition) is 2. The summed E-state index contributed by atoms with van der Waals surface area (Å²) >= 11 is 5.82. The predicted molar refractivity (Wildman–Crippen MR) is 111 cm³/mol. The van der Waals surface area contributed by atoms with Gasteiger partial charge in [0.2, 0.25) is 0 Å². The Morgan fingerprint density at radius 2 is 1.50 bits per heavy atom. The number of halogens is 1. The molecule has 0 spiro atoms. The van der Waals surface area contributed by atoms with Crippen molar-refractivity contribution in [1.29, 1.82) is 0 Å². The van der Waals surface area contributed by atoms with Crippen LogP contribution in [0.15, 0.2) is 72.8 Å². The van der Waals surface area contributed by atoms with E-state index >= 15 is 0 Å². The van der Waals surface area contributed by atoms with Crippen molar-refractivity contribution >= 4 is 34.8 Å². The first-order chi connectivity index (χ1) is 13.5. The highest BCUT2D eigenvalue weighted by Crippen LogP contribution is 2.20. The van der Waals surface area contributed by atoms with Crippen LogP contribution in [0.5, 0.6) is 5.75 Å². The normalized spacial score (nSPS) is 10.2. The van der Waals surface area contributed by atoms with Crippen molar-refractivity contribution in [3.8, 4) is 5.75 Å². The van der Waals surface area contributed by atoms with Gasteiger partial charge in [0, 0.05) is 10.7 Å². The maximum absolute atomic E-state index is 12.7. The highest BCUT2D eigenvalue weighted by molar-refractivity contribution is 6.30. The molecule has 3 rings (SSSR count). The summed E-state index contributed by atoms with van der Waals surface area (Å²) in [4.78, 5) is 24.9. The van der Waals surface area contributed by atoms with Gasteiger partial charge in [-0.3, -0.25) is 9.59 Å². The van der Waals surface area contributed by atoms with E-state index in [1.54, 1.807) is 48.5 Å². The average molecular weight is 395 g/mol. The molecular formula is C22H19ClN2O3. The molecular weight excluding hydrogens is 376 g/mol. The number of ether oxygens (including phenoxy) is 1. The van der Waals surface area contributed by atoms with Crippen molar-refractivity contribution in [1.82, 2.24) is 0 Å². The van der Waals surface area contributed by atoms with E-state index in [9.17, 15) is 9.59 Å². The Morgan fingerprint density at radius 1 is 0.857 bits per heavy atom. The van der Waals surface area contributed by atoms with Crippen LogP contribution in [0, 0.1) is 6.92 Å². The first-order valence-electron chi connectivity index (χ1n) is 8.67. The van der Waals surface area contributed by atoms with E-state index < -0.39 is 0 Å². The summed E-state index contributed by atoms with van der Waals surface area (Å²) in [5.41, 5.74) is 2.46. The average Bonchev–Trinajstić information content (AvgIpc) is 2.69. The van der Waals surface area contributed by atoms with E-state index in [1.807, 2.05) is 31.2 Å². The third-order valence-corrected chi connectivity index (χ3v) is 4.27. The number of rotatable bonds is 6. The number of para-hydroxylation sites is 2. The Bertz CT molecular complexity index is 987. The highest BCUT2D eigenvalue weighted by atomic mass is 35.5. The molecule has 0 aromatic heterocycles. The minimum atomic E-state index is -0.369. The second-order valence-electron chi connectivity index (χ2n) is 6.11. The minimum Gasteiger partial charge on any atom is -0.484 e. The molecule has 0 aliphatic carbocycles. The maximum Gasteiger partial charge on any atom is 0.262 e. The van der Waals surface area contributed by atoms with Crippen LogP contribution in [0.4, 0.5) is 11.4 Å². The Morgan fingerprint density at radius 3 is 2.21 bits per heavy atom. The number of nitrogens with one attached hydrogen (secondary N) is 2. The Kier molecular flexibility index (Phi) is 6.29. The van der Waals surface area contributed by atoms with Gasteiger partial charge in [0.1, 0.15) is 5.75 Å². The van der Waals surface area contributed by atoms with Gasteiger partial charge in [-0.1, -0.05) is 41.9 Å². The SMILES string of the molecule is Cc1ccccc1NC(=O)c1ccccc1NC(=O)COc1ccc(Cl)cc1. The van der Waals surface area contributed by atoms with Crippen molar-refractivity contribution in [2.24, 2.45) is 0 Å². The Labute approximate surface area is 168 Å². The summed E-state index contributed by atoms with van der Waals surface area (Å²) in [6.45, 7) is 1.73. The lowest BCUT2D eigenvalue weighted by Crippen LogP contribution is -2.23. The lowest BCUT2D eigenvalue weighted by molar-refractivity contribution is -0.118. The van der Waals surface area contributed by atoms with E-state index in [4.69, 9.17) is 16.3 Å². The fraction of sp³-hybridized carbons (Fsp3) is 0.0909. The molecule has 2 amide bonds. The lowest BCUT2D eigenvalue weighted by atomic mass is 10.1. The van der Waals surface area contributed by atoms with Crippen molar-refractivity contribution in [3.63, 3.8) is 0 Å². The van der Waals surface area contributed by atoms with Crippen LogP contribution in [-0.4, -0.2) is 18.4 Å². The van der Waals surface area contributed by atoms with Crippen LogP contribution in [0.3, 0.4) is 0 Å². The molecule has 2 N–H and O–H groups in total. The van der Waals surface area contributed by atoms with Gasteiger partial charge in [-0.05, 0) is 55.0 Å². The lowest BCUT2D eigenvalue weighted by Gasteiger charge is -2.13. The number of anilines is 2. The van der Waals surface area contributed by atoms with Crippen LogP contribution in [0.2, 0.25) is 5.02 Å². The molecule has 0 aliphatic rings. The molecule has 5 nitrogen and oxygen atoms in total. The van der Waals surface area contributed by atoms with Gasteiger partial charge in [0.05, 0.1) is 11.3 Å². The molecule has 0 heterocycles. The number of carbonyl (C=O) groups is 2. The minimum absolute atomic E-state index is 0.185. The highest BCUT2D eigenvalue weighted by Gasteiger charge is 2.14. The van der Waals surface area contributed by atoms with E-state index in [-0.39, 0.29) is 18.4 Å². The molecule has 0 saturated carbocycles.